The number of halogens is 1. The van der Waals surface area contributed by atoms with E-state index >= 15 is 0 Å². The zero-order chi connectivity index (χ0) is 15.9. The van der Waals surface area contributed by atoms with Crippen LogP contribution in [0.25, 0.3) is 0 Å². The third-order valence-electron chi connectivity index (χ3n) is 2.90. The number of carbonyl (C=O) groups is 2. The van der Waals surface area contributed by atoms with E-state index in [1.165, 1.54) is 6.07 Å². The van der Waals surface area contributed by atoms with Gasteiger partial charge in [0.15, 0.2) is 0 Å². The summed E-state index contributed by atoms with van der Waals surface area (Å²) < 4.78 is 5.00. The minimum Gasteiger partial charge on any atom is -0.380 e. The highest BCUT2D eigenvalue weighted by atomic mass is 35.5. The van der Waals surface area contributed by atoms with Crippen molar-refractivity contribution in [2.45, 2.75) is 6.61 Å². The number of carbonyl (C=O) groups excluding carboxylic acids is 2. The Morgan fingerprint density at radius 2 is 1.64 bits per heavy atom. The summed E-state index contributed by atoms with van der Waals surface area (Å²) in [6.07, 6.45) is 0. The zero-order valence-electron chi connectivity index (χ0n) is 11.9. The fourth-order valence-corrected chi connectivity index (χ4v) is 2.00. The molecule has 0 heterocycles. The van der Waals surface area contributed by atoms with Gasteiger partial charge in [-0.15, -0.1) is 0 Å². The van der Waals surface area contributed by atoms with Crippen LogP contribution in [0.15, 0.2) is 48.5 Å². The van der Waals surface area contributed by atoms with Gasteiger partial charge in [-0.05, 0) is 35.9 Å². The number of benzene rings is 2. The van der Waals surface area contributed by atoms with E-state index in [0.29, 0.717) is 22.8 Å². The van der Waals surface area contributed by atoms with Crippen LogP contribution in [-0.4, -0.2) is 18.9 Å². The number of hydrogen-bond acceptors (Lipinski definition) is 3. The Hall–Kier alpha value is -2.37. The summed E-state index contributed by atoms with van der Waals surface area (Å²) in [6.45, 7) is 0.480. The standard InChI is InChI=1S/C16H15ClN2O3/c1-22-10-11-5-7-12(8-6-11)15(20)18-19-16(21)13-3-2-4-14(17)9-13/h2-9H,10H2,1H3,(H,18,20)(H,19,21). The van der Waals surface area contributed by atoms with Crippen molar-refractivity contribution in [2.75, 3.05) is 7.11 Å². The van der Waals surface area contributed by atoms with Crippen molar-refractivity contribution < 1.29 is 14.3 Å². The Bertz CT molecular complexity index is 671. The summed E-state index contributed by atoms with van der Waals surface area (Å²) in [7, 11) is 1.60. The fraction of sp³-hybridized carbons (Fsp3) is 0.125. The summed E-state index contributed by atoms with van der Waals surface area (Å²) in [6, 6.07) is 13.3. The van der Waals surface area contributed by atoms with Gasteiger partial charge in [-0.1, -0.05) is 29.8 Å². The van der Waals surface area contributed by atoms with Gasteiger partial charge in [-0.2, -0.15) is 0 Å². The van der Waals surface area contributed by atoms with E-state index < -0.39 is 11.8 Å². The van der Waals surface area contributed by atoms with Crippen molar-refractivity contribution in [3.8, 4) is 0 Å². The Labute approximate surface area is 133 Å². The maximum absolute atomic E-state index is 11.9. The molecule has 2 aromatic rings. The summed E-state index contributed by atoms with van der Waals surface area (Å²) in [5.41, 5.74) is 6.46. The summed E-state index contributed by atoms with van der Waals surface area (Å²) in [5, 5.41) is 0.452. The molecule has 0 atom stereocenters. The molecule has 0 aliphatic carbocycles. The minimum absolute atomic E-state index is 0.364. The van der Waals surface area contributed by atoms with Crippen LogP contribution in [0.2, 0.25) is 5.02 Å². The molecule has 0 bridgehead atoms. The van der Waals surface area contributed by atoms with Crippen molar-refractivity contribution in [3.63, 3.8) is 0 Å². The van der Waals surface area contributed by atoms with Crippen molar-refractivity contribution >= 4 is 23.4 Å². The largest absolute Gasteiger partial charge is 0.380 e. The van der Waals surface area contributed by atoms with Gasteiger partial charge >= 0.3 is 0 Å². The maximum Gasteiger partial charge on any atom is 0.269 e. The Kier molecular flexibility index (Phi) is 5.52. The average molecular weight is 319 g/mol. The summed E-state index contributed by atoms with van der Waals surface area (Å²) in [5.74, 6) is -0.841. The second-order valence-corrected chi connectivity index (χ2v) is 4.98. The molecule has 0 radical (unpaired) electrons. The lowest BCUT2D eigenvalue weighted by atomic mass is 10.1. The van der Waals surface area contributed by atoms with Gasteiger partial charge < -0.3 is 4.74 Å². The summed E-state index contributed by atoms with van der Waals surface area (Å²) >= 11 is 5.81. The quantitative estimate of drug-likeness (QED) is 0.851. The lowest BCUT2D eigenvalue weighted by molar-refractivity contribution is 0.0846. The molecule has 0 aliphatic rings. The van der Waals surface area contributed by atoms with Crippen molar-refractivity contribution in [2.24, 2.45) is 0 Å². The second-order valence-electron chi connectivity index (χ2n) is 4.55. The number of nitrogens with one attached hydrogen (secondary N) is 2. The van der Waals surface area contributed by atoms with Crippen LogP contribution in [0.5, 0.6) is 0 Å². The number of amides is 2. The minimum atomic E-state index is -0.438. The molecule has 0 unspecified atom stereocenters. The molecule has 0 aliphatic heterocycles. The molecular formula is C16H15ClN2O3. The van der Waals surface area contributed by atoms with Crippen LogP contribution in [0.4, 0.5) is 0 Å². The Morgan fingerprint density at radius 3 is 2.23 bits per heavy atom. The molecule has 2 aromatic carbocycles. The predicted molar refractivity (Wildman–Crippen MR) is 83.5 cm³/mol. The van der Waals surface area contributed by atoms with E-state index in [1.807, 2.05) is 0 Å². The van der Waals surface area contributed by atoms with Crippen LogP contribution < -0.4 is 10.9 Å². The van der Waals surface area contributed by atoms with E-state index in [2.05, 4.69) is 10.9 Å². The molecule has 5 nitrogen and oxygen atoms in total. The molecule has 2 N–H and O–H groups in total. The fourth-order valence-electron chi connectivity index (χ4n) is 1.81. The van der Waals surface area contributed by atoms with E-state index in [9.17, 15) is 9.59 Å². The first-order valence-corrected chi connectivity index (χ1v) is 6.92. The van der Waals surface area contributed by atoms with Crippen LogP contribution >= 0.6 is 11.6 Å². The second kappa shape index (κ2) is 7.59. The van der Waals surface area contributed by atoms with E-state index in [-0.39, 0.29) is 0 Å². The van der Waals surface area contributed by atoms with Crippen molar-refractivity contribution in [1.82, 2.24) is 10.9 Å². The first-order valence-electron chi connectivity index (χ1n) is 6.54. The highest BCUT2D eigenvalue weighted by Gasteiger charge is 2.09. The molecule has 0 aromatic heterocycles. The maximum atomic E-state index is 11.9. The molecular weight excluding hydrogens is 304 g/mol. The van der Waals surface area contributed by atoms with E-state index in [0.717, 1.165) is 5.56 Å². The van der Waals surface area contributed by atoms with Gasteiger partial charge in [0.05, 0.1) is 6.61 Å². The van der Waals surface area contributed by atoms with Crippen LogP contribution in [0.1, 0.15) is 26.3 Å². The Morgan fingerprint density at radius 1 is 1.00 bits per heavy atom. The van der Waals surface area contributed by atoms with Crippen molar-refractivity contribution in [3.05, 3.63) is 70.2 Å². The molecule has 0 fully saturated rings. The van der Waals surface area contributed by atoms with Gasteiger partial charge in [0.1, 0.15) is 0 Å². The molecule has 114 valence electrons. The smallest absolute Gasteiger partial charge is 0.269 e. The van der Waals surface area contributed by atoms with Crippen LogP contribution in [0.3, 0.4) is 0 Å². The van der Waals surface area contributed by atoms with Gasteiger partial charge in [0.2, 0.25) is 0 Å². The first-order chi connectivity index (χ1) is 10.6. The normalized spacial score (nSPS) is 10.1. The first kappa shape index (κ1) is 16.0. The topological polar surface area (TPSA) is 67.4 Å². The van der Waals surface area contributed by atoms with Gasteiger partial charge in [0, 0.05) is 23.3 Å². The van der Waals surface area contributed by atoms with Gasteiger partial charge in [-0.3, -0.25) is 20.4 Å². The molecule has 2 amide bonds. The SMILES string of the molecule is COCc1ccc(C(=O)NNC(=O)c2cccc(Cl)c2)cc1. The number of ether oxygens (including phenoxy) is 1. The molecule has 0 saturated heterocycles. The number of hydrazine groups is 1. The molecule has 2 rings (SSSR count). The van der Waals surface area contributed by atoms with Gasteiger partial charge in [-0.25, -0.2) is 0 Å². The number of rotatable bonds is 4. The summed E-state index contributed by atoms with van der Waals surface area (Å²) in [4.78, 5) is 23.8. The van der Waals surface area contributed by atoms with Crippen molar-refractivity contribution in [1.29, 1.82) is 0 Å². The highest BCUT2D eigenvalue weighted by Crippen LogP contribution is 2.10. The average Bonchev–Trinajstić information content (AvgIpc) is 2.53. The van der Waals surface area contributed by atoms with Crippen LogP contribution in [0, 0.1) is 0 Å². The number of hydrogen-bond donors (Lipinski definition) is 2. The third kappa shape index (κ3) is 4.31. The Balaban J connectivity index is 1.93. The highest BCUT2D eigenvalue weighted by molar-refractivity contribution is 6.30. The molecule has 6 heteroatoms. The number of methoxy groups -OCH3 is 1. The molecule has 0 spiro atoms. The lowest BCUT2D eigenvalue weighted by Crippen LogP contribution is -2.41. The third-order valence-corrected chi connectivity index (χ3v) is 3.14. The monoisotopic (exact) mass is 318 g/mol. The molecule has 22 heavy (non-hydrogen) atoms. The predicted octanol–water partition coefficient (Wildman–Crippen LogP) is 2.56. The van der Waals surface area contributed by atoms with E-state index in [4.69, 9.17) is 16.3 Å². The van der Waals surface area contributed by atoms with Crippen LogP contribution in [-0.2, 0) is 11.3 Å². The molecule has 0 saturated carbocycles. The zero-order valence-corrected chi connectivity index (χ0v) is 12.7. The van der Waals surface area contributed by atoms with E-state index in [1.54, 1.807) is 49.6 Å². The lowest BCUT2D eigenvalue weighted by Gasteiger charge is -2.08. The van der Waals surface area contributed by atoms with Gasteiger partial charge in [0.25, 0.3) is 11.8 Å².